The van der Waals surface area contributed by atoms with E-state index in [1.54, 1.807) is 42.6 Å². The number of nitrogens with one attached hydrogen (secondary N) is 1. The molecule has 1 heterocycles. The minimum atomic E-state index is -0.553. The zero-order valence-electron chi connectivity index (χ0n) is 11.4. The van der Waals surface area contributed by atoms with Gasteiger partial charge in [0.1, 0.15) is 5.76 Å². The molecular weight excluding hydrogens is 268 g/mol. The van der Waals surface area contributed by atoms with Crippen molar-refractivity contribution in [3.63, 3.8) is 0 Å². The lowest BCUT2D eigenvalue weighted by atomic mass is 10.3. The van der Waals surface area contributed by atoms with Gasteiger partial charge in [-0.2, -0.15) is 5.11 Å². The molecule has 106 valence electrons. The summed E-state index contributed by atoms with van der Waals surface area (Å²) < 4.78 is 0. The largest absolute Gasteiger partial charge is 0.510 e. The van der Waals surface area contributed by atoms with Gasteiger partial charge in [-0.25, -0.2) is 0 Å². The molecule has 0 saturated heterocycles. The van der Waals surface area contributed by atoms with E-state index in [2.05, 4.69) is 20.5 Å². The summed E-state index contributed by atoms with van der Waals surface area (Å²) in [5, 5.41) is 19.9. The number of aliphatic hydroxyl groups is 1. The van der Waals surface area contributed by atoms with E-state index in [-0.39, 0.29) is 11.5 Å². The summed E-state index contributed by atoms with van der Waals surface area (Å²) in [5.74, 6) is -0.765. The smallest absolute Gasteiger partial charge is 0.279 e. The fourth-order valence-corrected chi connectivity index (χ4v) is 1.51. The fourth-order valence-electron chi connectivity index (χ4n) is 1.51. The number of aliphatic hydroxyl groups excluding tert-OH is 1. The molecule has 0 radical (unpaired) electrons. The number of pyridine rings is 1. The molecule has 0 saturated carbocycles. The van der Waals surface area contributed by atoms with Crippen molar-refractivity contribution in [2.75, 3.05) is 5.32 Å². The molecule has 2 rings (SSSR count). The average molecular weight is 282 g/mol. The molecule has 0 bridgehead atoms. The van der Waals surface area contributed by atoms with E-state index < -0.39 is 5.91 Å². The van der Waals surface area contributed by atoms with Crippen LogP contribution in [0.2, 0.25) is 0 Å². The van der Waals surface area contributed by atoms with Crippen molar-refractivity contribution in [3.05, 3.63) is 66.3 Å². The Labute approximate surface area is 121 Å². The van der Waals surface area contributed by atoms with Crippen LogP contribution < -0.4 is 5.32 Å². The van der Waals surface area contributed by atoms with Gasteiger partial charge in [0.15, 0.2) is 5.70 Å². The quantitative estimate of drug-likeness (QED) is 0.510. The summed E-state index contributed by atoms with van der Waals surface area (Å²) in [6.45, 7) is 1.38. The maximum Gasteiger partial charge on any atom is 0.279 e. The van der Waals surface area contributed by atoms with Gasteiger partial charge < -0.3 is 10.4 Å². The van der Waals surface area contributed by atoms with Gasteiger partial charge >= 0.3 is 0 Å². The monoisotopic (exact) mass is 282 g/mol. The molecule has 6 nitrogen and oxygen atoms in total. The third-order valence-corrected chi connectivity index (χ3v) is 2.50. The lowest BCUT2D eigenvalue weighted by Gasteiger charge is -2.04. The number of anilines is 1. The number of hydrogen-bond acceptors (Lipinski definition) is 5. The van der Waals surface area contributed by atoms with Gasteiger partial charge in [-0.15, -0.1) is 5.11 Å². The van der Waals surface area contributed by atoms with Crippen LogP contribution in [0.15, 0.2) is 76.5 Å². The van der Waals surface area contributed by atoms with E-state index in [1.807, 2.05) is 6.07 Å². The molecule has 1 amide bonds. The molecule has 0 spiro atoms. The predicted octanol–water partition coefficient (Wildman–Crippen LogP) is 3.59. The summed E-state index contributed by atoms with van der Waals surface area (Å²) in [6.07, 6.45) is 3.09. The summed E-state index contributed by atoms with van der Waals surface area (Å²) >= 11 is 0. The molecule has 2 aromatic rings. The maximum absolute atomic E-state index is 12.1. The number of aromatic nitrogens is 1. The molecule has 1 aromatic carbocycles. The van der Waals surface area contributed by atoms with Crippen molar-refractivity contribution in [1.29, 1.82) is 0 Å². The summed E-state index contributed by atoms with van der Waals surface area (Å²) in [4.78, 5) is 16.0. The van der Waals surface area contributed by atoms with Crippen LogP contribution in [0.4, 0.5) is 11.4 Å². The highest BCUT2D eigenvalue weighted by Gasteiger charge is 2.13. The summed E-state index contributed by atoms with van der Waals surface area (Å²) in [7, 11) is 0. The molecule has 6 heteroatoms. The van der Waals surface area contributed by atoms with E-state index in [4.69, 9.17) is 0 Å². The highest BCUT2D eigenvalue weighted by atomic mass is 16.3. The zero-order valence-corrected chi connectivity index (χ0v) is 11.4. The minimum Gasteiger partial charge on any atom is -0.510 e. The number of hydrogen-bond donors (Lipinski definition) is 2. The van der Waals surface area contributed by atoms with Gasteiger partial charge in [-0.1, -0.05) is 18.2 Å². The number of nitrogens with zero attached hydrogens (tertiary/aromatic N) is 3. The topological polar surface area (TPSA) is 86.9 Å². The lowest BCUT2D eigenvalue weighted by Crippen LogP contribution is -2.14. The van der Waals surface area contributed by atoms with Gasteiger partial charge in [0, 0.05) is 6.20 Å². The van der Waals surface area contributed by atoms with Crippen molar-refractivity contribution in [2.45, 2.75) is 6.92 Å². The standard InChI is InChI=1S/C15H14N4O2/c1-11(20)14(19-18-12-6-3-2-4-7-12)15(21)17-13-8-5-9-16-10-13/h2-10,20H,1H3,(H,17,21)/b14-11+,19-18?. The second kappa shape index (κ2) is 6.95. The summed E-state index contributed by atoms with van der Waals surface area (Å²) in [5.41, 5.74) is 0.948. The van der Waals surface area contributed by atoms with Crippen LogP contribution in [-0.2, 0) is 4.79 Å². The molecule has 21 heavy (non-hydrogen) atoms. The van der Waals surface area contributed by atoms with Gasteiger partial charge in [0.25, 0.3) is 5.91 Å². The molecule has 0 aliphatic carbocycles. The SMILES string of the molecule is C/C(O)=C(\N=Nc1ccccc1)C(=O)Nc1cccnc1. The number of carbonyl (C=O) groups is 1. The second-order valence-corrected chi connectivity index (χ2v) is 4.17. The van der Waals surface area contributed by atoms with E-state index in [9.17, 15) is 9.90 Å². The Bertz CT molecular complexity index is 663. The third-order valence-electron chi connectivity index (χ3n) is 2.50. The Morgan fingerprint density at radius 2 is 1.95 bits per heavy atom. The number of benzene rings is 1. The molecule has 2 N–H and O–H groups in total. The maximum atomic E-state index is 12.1. The predicted molar refractivity (Wildman–Crippen MR) is 79.2 cm³/mol. The first-order valence-corrected chi connectivity index (χ1v) is 6.25. The highest BCUT2D eigenvalue weighted by Crippen LogP contribution is 2.15. The molecule has 0 aliphatic heterocycles. The fraction of sp³-hybridized carbons (Fsp3) is 0.0667. The zero-order chi connectivity index (χ0) is 15.1. The van der Waals surface area contributed by atoms with Gasteiger partial charge in [-0.3, -0.25) is 9.78 Å². The number of amides is 1. The van der Waals surface area contributed by atoms with E-state index in [0.717, 1.165) is 0 Å². The van der Waals surface area contributed by atoms with Gasteiger partial charge in [0.05, 0.1) is 17.6 Å². The minimum absolute atomic E-state index is 0.150. The van der Waals surface area contributed by atoms with Crippen LogP contribution in [-0.4, -0.2) is 16.0 Å². The molecule has 0 fully saturated rings. The lowest BCUT2D eigenvalue weighted by molar-refractivity contribution is -0.113. The number of rotatable bonds is 4. The summed E-state index contributed by atoms with van der Waals surface area (Å²) in [6, 6.07) is 12.3. The average Bonchev–Trinajstić information content (AvgIpc) is 2.49. The number of allylic oxidation sites excluding steroid dienone is 1. The second-order valence-electron chi connectivity index (χ2n) is 4.17. The molecule has 0 aliphatic rings. The Morgan fingerprint density at radius 1 is 1.19 bits per heavy atom. The van der Waals surface area contributed by atoms with Crippen molar-refractivity contribution in [1.82, 2.24) is 4.98 Å². The molecule has 0 atom stereocenters. The van der Waals surface area contributed by atoms with Crippen LogP contribution in [0, 0.1) is 0 Å². The highest BCUT2D eigenvalue weighted by molar-refractivity contribution is 6.03. The van der Waals surface area contributed by atoms with E-state index in [0.29, 0.717) is 11.4 Å². The molecule has 0 unspecified atom stereocenters. The molecular formula is C15H14N4O2. The number of carbonyl (C=O) groups excluding carboxylic acids is 1. The Morgan fingerprint density at radius 3 is 2.57 bits per heavy atom. The normalized spacial score (nSPS) is 12.0. The van der Waals surface area contributed by atoms with E-state index in [1.165, 1.54) is 13.1 Å². The van der Waals surface area contributed by atoms with Gasteiger partial charge in [-0.05, 0) is 31.2 Å². The van der Waals surface area contributed by atoms with E-state index >= 15 is 0 Å². The van der Waals surface area contributed by atoms with Crippen molar-refractivity contribution in [2.24, 2.45) is 10.2 Å². The number of azo groups is 1. The van der Waals surface area contributed by atoms with Crippen molar-refractivity contribution >= 4 is 17.3 Å². The van der Waals surface area contributed by atoms with Crippen molar-refractivity contribution in [3.8, 4) is 0 Å². The molecule has 1 aromatic heterocycles. The first-order valence-electron chi connectivity index (χ1n) is 6.25. The first kappa shape index (κ1) is 14.4. The Balaban J connectivity index is 2.15. The van der Waals surface area contributed by atoms with Crippen LogP contribution in [0.1, 0.15) is 6.92 Å². The van der Waals surface area contributed by atoms with Crippen LogP contribution in [0.25, 0.3) is 0 Å². The third kappa shape index (κ3) is 4.24. The van der Waals surface area contributed by atoms with Crippen LogP contribution >= 0.6 is 0 Å². The van der Waals surface area contributed by atoms with Gasteiger partial charge in [0.2, 0.25) is 0 Å². The Kier molecular flexibility index (Phi) is 4.76. The Hall–Kier alpha value is -3.02. The van der Waals surface area contributed by atoms with Crippen molar-refractivity contribution < 1.29 is 9.90 Å². The first-order chi connectivity index (χ1) is 10.2. The van der Waals surface area contributed by atoms with Crippen LogP contribution in [0.3, 0.4) is 0 Å². The van der Waals surface area contributed by atoms with Crippen LogP contribution in [0.5, 0.6) is 0 Å².